The number of urea groups is 1. The van der Waals surface area contributed by atoms with E-state index in [1.807, 2.05) is 0 Å². The van der Waals surface area contributed by atoms with Crippen LogP contribution in [0, 0.1) is 5.92 Å². The van der Waals surface area contributed by atoms with Gasteiger partial charge in [-0.25, -0.2) is 9.59 Å². The summed E-state index contributed by atoms with van der Waals surface area (Å²) in [5.74, 6) is -1.09. The zero-order valence-corrected chi connectivity index (χ0v) is 9.50. The lowest BCUT2D eigenvalue weighted by Gasteiger charge is -2.20. The Bertz CT molecular complexity index is 284. The third-order valence-electron chi connectivity index (χ3n) is 2.84. The van der Waals surface area contributed by atoms with Crippen LogP contribution in [-0.4, -0.2) is 64.6 Å². The normalized spacial score (nSPS) is 21.3. The molecule has 1 unspecified atom stereocenters. The van der Waals surface area contributed by atoms with Crippen molar-refractivity contribution >= 4 is 12.0 Å². The Balaban J connectivity index is 2.45. The van der Waals surface area contributed by atoms with Gasteiger partial charge in [0.25, 0.3) is 0 Å². The number of nitrogens with zero attached hydrogens (tertiary/aromatic N) is 1. The van der Waals surface area contributed by atoms with Crippen molar-refractivity contribution in [3.63, 3.8) is 0 Å². The Kier molecular flexibility index (Phi) is 5.17. The van der Waals surface area contributed by atoms with E-state index in [-0.39, 0.29) is 25.6 Å². The van der Waals surface area contributed by atoms with Crippen molar-refractivity contribution in [1.29, 1.82) is 0 Å². The SMILES string of the molecule is O=C(O)[C@@H](CCO)NC(=O)N1CCC(CO)C1. The summed E-state index contributed by atoms with van der Waals surface area (Å²) in [6, 6.07) is -1.53. The van der Waals surface area contributed by atoms with E-state index >= 15 is 0 Å². The van der Waals surface area contributed by atoms with Gasteiger partial charge in [-0.3, -0.25) is 0 Å². The number of carboxylic acids is 1. The molecule has 4 N–H and O–H groups in total. The molecule has 1 aliphatic heterocycles. The molecule has 7 nitrogen and oxygen atoms in total. The topological polar surface area (TPSA) is 110 Å². The molecule has 2 atom stereocenters. The summed E-state index contributed by atoms with van der Waals surface area (Å²) in [5.41, 5.74) is 0. The molecule has 0 spiro atoms. The molecule has 98 valence electrons. The number of rotatable bonds is 5. The quantitative estimate of drug-likeness (QED) is 0.489. The number of nitrogens with one attached hydrogen (secondary N) is 1. The third kappa shape index (κ3) is 3.86. The van der Waals surface area contributed by atoms with Crippen LogP contribution in [0.4, 0.5) is 4.79 Å². The number of aliphatic hydroxyl groups is 2. The molecule has 0 aromatic carbocycles. The maximum absolute atomic E-state index is 11.7. The summed E-state index contributed by atoms with van der Waals surface area (Å²) in [4.78, 5) is 23.9. The number of amides is 2. The predicted molar refractivity (Wildman–Crippen MR) is 58.4 cm³/mol. The van der Waals surface area contributed by atoms with Crippen LogP contribution >= 0.6 is 0 Å². The standard InChI is InChI=1S/C10H18N2O5/c13-4-2-8(9(15)16)11-10(17)12-3-1-7(5-12)6-14/h7-8,13-14H,1-6H2,(H,11,17)(H,15,16)/t7?,8-/m1/s1. The highest BCUT2D eigenvalue weighted by atomic mass is 16.4. The first-order valence-electron chi connectivity index (χ1n) is 5.58. The second-order valence-electron chi connectivity index (χ2n) is 4.14. The van der Waals surface area contributed by atoms with Gasteiger partial charge >= 0.3 is 12.0 Å². The number of aliphatic carboxylic acids is 1. The van der Waals surface area contributed by atoms with Crippen LogP contribution in [0.25, 0.3) is 0 Å². The highest BCUT2D eigenvalue weighted by Gasteiger charge is 2.28. The summed E-state index contributed by atoms with van der Waals surface area (Å²) >= 11 is 0. The van der Waals surface area contributed by atoms with E-state index in [0.29, 0.717) is 13.1 Å². The van der Waals surface area contributed by atoms with Crippen LogP contribution in [0.15, 0.2) is 0 Å². The Morgan fingerprint density at radius 2 is 2.12 bits per heavy atom. The molecule has 1 fully saturated rings. The zero-order chi connectivity index (χ0) is 12.8. The smallest absolute Gasteiger partial charge is 0.326 e. The van der Waals surface area contributed by atoms with Crippen LogP contribution in [0.1, 0.15) is 12.8 Å². The lowest BCUT2D eigenvalue weighted by molar-refractivity contribution is -0.139. The van der Waals surface area contributed by atoms with Gasteiger partial charge in [0, 0.05) is 38.6 Å². The second-order valence-corrected chi connectivity index (χ2v) is 4.14. The molecular formula is C10H18N2O5. The predicted octanol–water partition coefficient (Wildman–Crippen LogP) is -1.15. The Morgan fingerprint density at radius 1 is 1.41 bits per heavy atom. The van der Waals surface area contributed by atoms with Crippen LogP contribution in [0.5, 0.6) is 0 Å². The zero-order valence-electron chi connectivity index (χ0n) is 9.50. The number of hydrogen-bond donors (Lipinski definition) is 4. The number of carboxylic acid groups (broad SMARTS) is 1. The number of carbonyl (C=O) groups excluding carboxylic acids is 1. The van der Waals surface area contributed by atoms with Gasteiger partial charge in [-0.2, -0.15) is 0 Å². The van der Waals surface area contributed by atoms with Gasteiger partial charge in [0.05, 0.1) is 0 Å². The fraction of sp³-hybridized carbons (Fsp3) is 0.800. The van der Waals surface area contributed by atoms with Gasteiger partial charge in [0.1, 0.15) is 6.04 Å². The maximum atomic E-state index is 11.7. The lowest BCUT2D eigenvalue weighted by Crippen LogP contribution is -2.47. The largest absolute Gasteiger partial charge is 0.480 e. The Labute approximate surface area is 99.0 Å². The Morgan fingerprint density at radius 3 is 2.59 bits per heavy atom. The molecule has 1 heterocycles. The van der Waals surface area contributed by atoms with Crippen LogP contribution in [0.2, 0.25) is 0 Å². The molecule has 0 aromatic rings. The second kappa shape index (κ2) is 6.41. The van der Waals surface area contributed by atoms with E-state index < -0.39 is 18.0 Å². The van der Waals surface area contributed by atoms with E-state index in [4.69, 9.17) is 15.3 Å². The van der Waals surface area contributed by atoms with Crippen LogP contribution in [-0.2, 0) is 4.79 Å². The van der Waals surface area contributed by atoms with Crippen molar-refractivity contribution in [2.45, 2.75) is 18.9 Å². The van der Waals surface area contributed by atoms with Crippen LogP contribution < -0.4 is 5.32 Å². The van der Waals surface area contributed by atoms with Gasteiger partial charge < -0.3 is 25.5 Å². The van der Waals surface area contributed by atoms with Gasteiger partial charge in [-0.15, -0.1) is 0 Å². The molecule has 2 amide bonds. The summed E-state index contributed by atoms with van der Waals surface area (Å²) in [7, 11) is 0. The number of aliphatic hydroxyl groups excluding tert-OH is 2. The average molecular weight is 246 g/mol. The minimum atomic E-state index is -1.16. The number of carbonyl (C=O) groups is 2. The number of likely N-dealkylation sites (tertiary alicyclic amines) is 1. The van der Waals surface area contributed by atoms with Gasteiger partial charge in [0.2, 0.25) is 0 Å². The average Bonchev–Trinajstić information content (AvgIpc) is 2.76. The fourth-order valence-electron chi connectivity index (χ4n) is 1.79. The van der Waals surface area contributed by atoms with E-state index in [1.165, 1.54) is 4.90 Å². The Hall–Kier alpha value is -1.34. The molecule has 0 saturated carbocycles. The summed E-state index contributed by atoms with van der Waals surface area (Å²) < 4.78 is 0. The molecule has 17 heavy (non-hydrogen) atoms. The molecule has 1 aliphatic rings. The van der Waals surface area contributed by atoms with Gasteiger partial charge in [-0.05, 0) is 6.42 Å². The van der Waals surface area contributed by atoms with Crippen molar-refractivity contribution in [3.8, 4) is 0 Å². The molecule has 0 aromatic heterocycles. The van der Waals surface area contributed by atoms with E-state index in [9.17, 15) is 9.59 Å². The van der Waals surface area contributed by atoms with Crippen molar-refractivity contribution in [1.82, 2.24) is 10.2 Å². The minimum Gasteiger partial charge on any atom is -0.480 e. The summed E-state index contributed by atoms with van der Waals surface area (Å²) in [6.07, 6.45) is 0.708. The molecule has 0 aliphatic carbocycles. The van der Waals surface area contributed by atoms with Crippen molar-refractivity contribution in [2.75, 3.05) is 26.3 Å². The molecule has 1 rings (SSSR count). The molecular weight excluding hydrogens is 228 g/mol. The molecule has 1 saturated heterocycles. The van der Waals surface area contributed by atoms with Gasteiger partial charge in [0.15, 0.2) is 0 Å². The van der Waals surface area contributed by atoms with E-state index in [1.54, 1.807) is 0 Å². The van der Waals surface area contributed by atoms with Gasteiger partial charge in [-0.1, -0.05) is 0 Å². The highest BCUT2D eigenvalue weighted by molar-refractivity contribution is 5.82. The van der Waals surface area contributed by atoms with Crippen molar-refractivity contribution in [3.05, 3.63) is 0 Å². The highest BCUT2D eigenvalue weighted by Crippen LogP contribution is 2.15. The third-order valence-corrected chi connectivity index (χ3v) is 2.84. The lowest BCUT2D eigenvalue weighted by atomic mass is 10.1. The first kappa shape index (κ1) is 13.7. The molecule has 0 bridgehead atoms. The maximum Gasteiger partial charge on any atom is 0.326 e. The summed E-state index contributed by atoms with van der Waals surface area (Å²) in [5, 5.41) is 28.8. The molecule has 7 heteroatoms. The minimum absolute atomic E-state index is 0.0155. The monoisotopic (exact) mass is 246 g/mol. The van der Waals surface area contributed by atoms with E-state index in [0.717, 1.165) is 6.42 Å². The summed E-state index contributed by atoms with van der Waals surface area (Å²) in [6.45, 7) is 0.690. The number of hydrogen-bond acceptors (Lipinski definition) is 4. The van der Waals surface area contributed by atoms with Crippen LogP contribution in [0.3, 0.4) is 0 Å². The van der Waals surface area contributed by atoms with Crippen molar-refractivity contribution in [2.24, 2.45) is 5.92 Å². The first-order chi connectivity index (χ1) is 8.08. The van der Waals surface area contributed by atoms with Crippen molar-refractivity contribution < 1.29 is 24.9 Å². The first-order valence-corrected chi connectivity index (χ1v) is 5.58. The fourth-order valence-corrected chi connectivity index (χ4v) is 1.79. The molecule has 0 radical (unpaired) electrons. The van der Waals surface area contributed by atoms with E-state index in [2.05, 4.69) is 5.32 Å².